The summed E-state index contributed by atoms with van der Waals surface area (Å²) in [6.45, 7) is 11.9. The summed E-state index contributed by atoms with van der Waals surface area (Å²) in [5.41, 5.74) is 1.32. The summed E-state index contributed by atoms with van der Waals surface area (Å²) in [4.78, 5) is 2.48. The Morgan fingerprint density at radius 3 is 2.70 bits per heavy atom. The molecule has 0 aliphatic carbocycles. The summed E-state index contributed by atoms with van der Waals surface area (Å²) in [6.07, 6.45) is 1.29. The second-order valence-electron chi connectivity index (χ2n) is 6.08. The van der Waals surface area contributed by atoms with Crippen LogP contribution in [0.2, 0.25) is 0 Å². The van der Waals surface area contributed by atoms with Gasteiger partial charge in [-0.15, -0.1) is 0 Å². The van der Waals surface area contributed by atoms with E-state index in [1.807, 2.05) is 6.92 Å². The van der Waals surface area contributed by atoms with Gasteiger partial charge in [0.25, 0.3) is 0 Å². The Morgan fingerprint density at radius 1 is 1.30 bits per heavy atom. The van der Waals surface area contributed by atoms with Crippen molar-refractivity contribution in [1.82, 2.24) is 5.32 Å². The summed E-state index contributed by atoms with van der Waals surface area (Å²) in [5, 5.41) is 3.58. The fourth-order valence-corrected chi connectivity index (χ4v) is 2.73. The zero-order valence-corrected chi connectivity index (χ0v) is 13.1. The van der Waals surface area contributed by atoms with Gasteiger partial charge in [-0.05, 0) is 62.5 Å². The molecule has 0 radical (unpaired) electrons. The number of benzene rings is 1. The Hall–Kier alpha value is -1.22. The van der Waals surface area contributed by atoms with Crippen molar-refractivity contribution in [2.45, 2.75) is 27.2 Å². The highest BCUT2D eigenvalue weighted by molar-refractivity contribution is 5.49. The summed E-state index contributed by atoms with van der Waals surface area (Å²) in [5.74, 6) is 2.48. The molecule has 0 bridgehead atoms. The number of nitrogens with one attached hydrogen (secondary N) is 1. The van der Waals surface area contributed by atoms with Gasteiger partial charge in [0.05, 0.1) is 6.61 Å². The van der Waals surface area contributed by atoms with Gasteiger partial charge in [-0.2, -0.15) is 0 Å². The molecular formula is C17H28N2O. The Bertz CT molecular complexity index is 388. The summed E-state index contributed by atoms with van der Waals surface area (Å²) in [7, 11) is 0. The first kappa shape index (κ1) is 15.2. The minimum Gasteiger partial charge on any atom is -0.494 e. The van der Waals surface area contributed by atoms with Crippen molar-refractivity contribution in [3.8, 4) is 5.75 Å². The van der Waals surface area contributed by atoms with E-state index in [4.69, 9.17) is 4.74 Å². The SMILES string of the molecule is CCOc1ccc(N2CCC(CNCC(C)C)C2)cc1. The topological polar surface area (TPSA) is 24.5 Å². The molecule has 1 fully saturated rings. The van der Waals surface area contributed by atoms with Crippen molar-refractivity contribution in [2.75, 3.05) is 37.7 Å². The van der Waals surface area contributed by atoms with E-state index in [1.165, 1.54) is 25.2 Å². The van der Waals surface area contributed by atoms with Crippen LogP contribution in [-0.4, -0.2) is 32.8 Å². The van der Waals surface area contributed by atoms with E-state index in [2.05, 4.69) is 48.3 Å². The van der Waals surface area contributed by atoms with Gasteiger partial charge in [-0.25, -0.2) is 0 Å². The molecule has 1 aliphatic rings. The van der Waals surface area contributed by atoms with Gasteiger partial charge in [0.15, 0.2) is 0 Å². The molecule has 0 aromatic heterocycles. The lowest BCUT2D eigenvalue weighted by Crippen LogP contribution is -2.28. The van der Waals surface area contributed by atoms with E-state index in [1.54, 1.807) is 0 Å². The monoisotopic (exact) mass is 276 g/mol. The average Bonchev–Trinajstić information content (AvgIpc) is 2.88. The Kier molecular flexibility index (Phi) is 5.72. The highest BCUT2D eigenvalue weighted by atomic mass is 16.5. The third kappa shape index (κ3) is 4.41. The van der Waals surface area contributed by atoms with E-state index >= 15 is 0 Å². The molecule has 0 spiro atoms. The molecule has 1 aliphatic heterocycles. The minimum atomic E-state index is 0.729. The highest BCUT2D eigenvalue weighted by Gasteiger charge is 2.22. The Morgan fingerprint density at radius 2 is 2.05 bits per heavy atom. The maximum absolute atomic E-state index is 5.49. The van der Waals surface area contributed by atoms with Crippen LogP contribution in [0.1, 0.15) is 27.2 Å². The molecule has 1 N–H and O–H groups in total. The fourth-order valence-electron chi connectivity index (χ4n) is 2.73. The van der Waals surface area contributed by atoms with Crippen LogP contribution in [0.3, 0.4) is 0 Å². The first-order valence-electron chi connectivity index (χ1n) is 7.87. The van der Waals surface area contributed by atoms with Crippen LogP contribution in [0.5, 0.6) is 5.75 Å². The lowest BCUT2D eigenvalue weighted by Gasteiger charge is -2.19. The number of ether oxygens (including phenoxy) is 1. The zero-order valence-electron chi connectivity index (χ0n) is 13.1. The van der Waals surface area contributed by atoms with Crippen molar-refractivity contribution >= 4 is 5.69 Å². The highest BCUT2D eigenvalue weighted by Crippen LogP contribution is 2.25. The van der Waals surface area contributed by atoms with E-state index in [-0.39, 0.29) is 0 Å². The predicted octanol–water partition coefficient (Wildman–Crippen LogP) is 3.16. The Labute approximate surface area is 123 Å². The van der Waals surface area contributed by atoms with Gasteiger partial charge in [0.1, 0.15) is 5.75 Å². The number of rotatable bonds is 7. The second-order valence-corrected chi connectivity index (χ2v) is 6.08. The normalized spacial score (nSPS) is 18.8. The predicted molar refractivity (Wildman–Crippen MR) is 85.6 cm³/mol. The van der Waals surface area contributed by atoms with Gasteiger partial charge in [-0.1, -0.05) is 13.8 Å². The molecule has 112 valence electrons. The second kappa shape index (κ2) is 7.53. The van der Waals surface area contributed by atoms with Crippen LogP contribution >= 0.6 is 0 Å². The summed E-state index contributed by atoms with van der Waals surface area (Å²) >= 11 is 0. The van der Waals surface area contributed by atoms with Crippen molar-refractivity contribution in [3.05, 3.63) is 24.3 Å². The van der Waals surface area contributed by atoms with Crippen LogP contribution in [0.4, 0.5) is 5.69 Å². The standard InChI is InChI=1S/C17H28N2O/c1-4-20-17-7-5-16(6-8-17)19-10-9-15(13-19)12-18-11-14(2)3/h5-8,14-15,18H,4,9-13H2,1-3H3. The van der Waals surface area contributed by atoms with Gasteiger partial charge in [0.2, 0.25) is 0 Å². The molecule has 1 atom stereocenters. The minimum absolute atomic E-state index is 0.729. The maximum Gasteiger partial charge on any atom is 0.119 e. The first-order valence-corrected chi connectivity index (χ1v) is 7.87. The van der Waals surface area contributed by atoms with Crippen molar-refractivity contribution < 1.29 is 4.74 Å². The third-order valence-electron chi connectivity index (χ3n) is 3.78. The molecular weight excluding hydrogens is 248 g/mol. The van der Waals surface area contributed by atoms with E-state index in [0.717, 1.165) is 37.3 Å². The molecule has 2 rings (SSSR count). The molecule has 1 unspecified atom stereocenters. The average molecular weight is 276 g/mol. The molecule has 1 aromatic rings. The lowest BCUT2D eigenvalue weighted by molar-refractivity contribution is 0.340. The number of anilines is 1. The van der Waals surface area contributed by atoms with Gasteiger partial charge in [0, 0.05) is 18.8 Å². The molecule has 0 amide bonds. The van der Waals surface area contributed by atoms with E-state index < -0.39 is 0 Å². The van der Waals surface area contributed by atoms with Crippen LogP contribution in [0, 0.1) is 11.8 Å². The van der Waals surface area contributed by atoms with Crippen LogP contribution in [0.15, 0.2) is 24.3 Å². The smallest absolute Gasteiger partial charge is 0.119 e. The van der Waals surface area contributed by atoms with Crippen LogP contribution in [-0.2, 0) is 0 Å². The fraction of sp³-hybridized carbons (Fsp3) is 0.647. The molecule has 3 nitrogen and oxygen atoms in total. The van der Waals surface area contributed by atoms with Crippen molar-refractivity contribution in [1.29, 1.82) is 0 Å². The zero-order chi connectivity index (χ0) is 14.4. The van der Waals surface area contributed by atoms with Crippen molar-refractivity contribution in [3.63, 3.8) is 0 Å². The number of hydrogen-bond donors (Lipinski definition) is 1. The molecule has 20 heavy (non-hydrogen) atoms. The molecule has 1 aromatic carbocycles. The molecule has 1 heterocycles. The largest absolute Gasteiger partial charge is 0.494 e. The maximum atomic E-state index is 5.49. The van der Waals surface area contributed by atoms with Crippen LogP contribution in [0.25, 0.3) is 0 Å². The number of hydrogen-bond acceptors (Lipinski definition) is 3. The quantitative estimate of drug-likeness (QED) is 0.828. The van der Waals surface area contributed by atoms with Crippen molar-refractivity contribution in [2.24, 2.45) is 11.8 Å². The third-order valence-corrected chi connectivity index (χ3v) is 3.78. The summed E-state index contributed by atoms with van der Waals surface area (Å²) in [6, 6.07) is 8.50. The Balaban J connectivity index is 1.79. The van der Waals surface area contributed by atoms with E-state index in [9.17, 15) is 0 Å². The number of nitrogens with zero attached hydrogens (tertiary/aromatic N) is 1. The molecule has 1 saturated heterocycles. The van der Waals surface area contributed by atoms with Gasteiger partial charge in [-0.3, -0.25) is 0 Å². The lowest BCUT2D eigenvalue weighted by atomic mass is 10.1. The van der Waals surface area contributed by atoms with Gasteiger partial charge >= 0.3 is 0 Å². The first-order chi connectivity index (χ1) is 9.69. The molecule has 3 heteroatoms. The van der Waals surface area contributed by atoms with Gasteiger partial charge < -0.3 is 15.0 Å². The molecule has 0 saturated carbocycles. The summed E-state index contributed by atoms with van der Waals surface area (Å²) < 4.78 is 5.49. The van der Waals surface area contributed by atoms with Crippen LogP contribution < -0.4 is 15.0 Å². The van der Waals surface area contributed by atoms with E-state index in [0.29, 0.717) is 0 Å².